The van der Waals surface area contributed by atoms with Crippen molar-refractivity contribution in [1.29, 1.82) is 0 Å². The van der Waals surface area contributed by atoms with Crippen LogP contribution in [0.3, 0.4) is 0 Å². The molecule has 2 N–H and O–H groups in total. The molecule has 0 saturated carbocycles. The molecule has 0 spiro atoms. The van der Waals surface area contributed by atoms with Gasteiger partial charge < -0.3 is 15.4 Å². The van der Waals surface area contributed by atoms with Gasteiger partial charge in [0.05, 0.1) is 6.54 Å². The van der Waals surface area contributed by atoms with Gasteiger partial charge in [0.2, 0.25) is 5.91 Å². The maximum atomic E-state index is 11.5. The monoisotopic (exact) mass is 314 g/mol. The Morgan fingerprint density at radius 3 is 2.89 bits per heavy atom. The van der Waals surface area contributed by atoms with Crippen LogP contribution in [0.5, 0.6) is 0 Å². The van der Waals surface area contributed by atoms with Gasteiger partial charge in [0.1, 0.15) is 0 Å². The zero-order valence-electron chi connectivity index (χ0n) is 10.5. The SMILES string of the molecule is COCCCNC(=O)CNCc1ccccc1Br. The molecule has 1 aromatic carbocycles. The molecule has 1 aromatic rings. The van der Waals surface area contributed by atoms with Gasteiger partial charge in [-0.05, 0) is 18.1 Å². The first-order chi connectivity index (χ1) is 8.74. The molecule has 0 aliphatic rings. The standard InChI is InChI=1S/C13H19BrN2O2/c1-18-8-4-7-16-13(17)10-15-9-11-5-2-3-6-12(11)14/h2-3,5-6,15H,4,7-10H2,1H3,(H,16,17). The van der Waals surface area contributed by atoms with Crippen LogP contribution in [-0.4, -0.2) is 32.7 Å². The van der Waals surface area contributed by atoms with Gasteiger partial charge in [0.15, 0.2) is 0 Å². The lowest BCUT2D eigenvalue weighted by molar-refractivity contribution is -0.120. The van der Waals surface area contributed by atoms with Crippen molar-refractivity contribution in [2.24, 2.45) is 0 Å². The molecular weight excluding hydrogens is 296 g/mol. The summed E-state index contributed by atoms with van der Waals surface area (Å²) in [6, 6.07) is 7.96. The van der Waals surface area contributed by atoms with Crippen LogP contribution >= 0.6 is 15.9 Å². The number of halogens is 1. The van der Waals surface area contributed by atoms with Gasteiger partial charge in [-0.2, -0.15) is 0 Å². The summed E-state index contributed by atoms with van der Waals surface area (Å²) < 4.78 is 5.96. The van der Waals surface area contributed by atoms with E-state index in [2.05, 4.69) is 26.6 Å². The first-order valence-corrected chi connectivity index (χ1v) is 6.73. The Bertz CT molecular complexity index is 372. The number of rotatable bonds is 8. The molecule has 0 bridgehead atoms. The summed E-state index contributed by atoms with van der Waals surface area (Å²) in [4.78, 5) is 11.5. The van der Waals surface area contributed by atoms with Gasteiger partial charge in [-0.15, -0.1) is 0 Å². The summed E-state index contributed by atoms with van der Waals surface area (Å²) in [5.74, 6) is 0.0122. The molecule has 0 atom stereocenters. The Morgan fingerprint density at radius 2 is 2.17 bits per heavy atom. The van der Waals surface area contributed by atoms with Crippen molar-refractivity contribution in [2.45, 2.75) is 13.0 Å². The molecule has 4 nitrogen and oxygen atoms in total. The molecule has 5 heteroatoms. The van der Waals surface area contributed by atoms with E-state index in [-0.39, 0.29) is 5.91 Å². The van der Waals surface area contributed by atoms with Gasteiger partial charge in [0, 0.05) is 31.3 Å². The van der Waals surface area contributed by atoms with E-state index in [1.54, 1.807) is 7.11 Å². The van der Waals surface area contributed by atoms with Gasteiger partial charge in [-0.3, -0.25) is 4.79 Å². The smallest absolute Gasteiger partial charge is 0.233 e. The average molecular weight is 315 g/mol. The van der Waals surface area contributed by atoms with E-state index in [4.69, 9.17) is 4.74 Å². The lowest BCUT2D eigenvalue weighted by Crippen LogP contribution is -2.34. The van der Waals surface area contributed by atoms with Crippen LogP contribution in [0, 0.1) is 0 Å². The molecule has 0 radical (unpaired) electrons. The number of carbonyl (C=O) groups is 1. The summed E-state index contributed by atoms with van der Waals surface area (Å²) in [6.07, 6.45) is 0.840. The Hall–Kier alpha value is -0.910. The minimum Gasteiger partial charge on any atom is -0.385 e. The van der Waals surface area contributed by atoms with E-state index in [1.165, 1.54) is 0 Å². The Balaban J connectivity index is 2.14. The molecule has 0 aliphatic heterocycles. The average Bonchev–Trinajstić information content (AvgIpc) is 2.37. The summed E-state index contributed by atoms with van der Waals surface area (Å²) >= 11 is 3.47. The van der Waals surface area contributed by atoms with Crippen molar-refractivity contribution in [2.75, 3.05) is 26.8 Å². The number of carbonyl (C=O) groups excluding carboxylic acids is 1. The Morgan fingerprint density at radius 1 is 1.39 bits per heavy atom. The van der Waals surface area contributed by atoms with Crippen LogP contribution in [0.2, 0.25) is 0 Å². The van der Waals surface area contributed by atoms with Crippen molar-refractivity contribution in [3.63, 3.8) is 0 Å². The molecule has 100 valence electrons. The van der Waals surface area contributed by atoms with Crippen LogP contribution in [0.15, 0.2) is 28.7 Å². The predicted molar refractivity (Wildman–Crippen MR) is 75.4 cm³/mol. The van der Waals surface area contributed by atoms with Crippen molar-refractivity contribution < 1.29 is 9.53 Å². The fourth-order valence-electron chi connectivity index (χ4n) is 1.46. The number of hydrogen-bond donors (Lipinski definition) is 2. The number of nitrogens with one attached hydrogen (secondary N) is 2. The third-order valence-corrected chi connectivity index (χ3v) is 3.18. The number of benzene rings is 1. The molecule has 0 fully saturated rings. The highest BCUT2D eigenvalue weighted by atomic mass is 79.9. The third kappa shape index (κ3) is 6.14. The van der Waals surface area contributed by atoms with Crippen molar-refractivity contribution in [3.05, 3.63) is 34.3 Å². The lowest BCUT2D eigenvalue weighted by Gasteiger charge is -2.07. The number of hydrogen-bond acceptors (Lipinski definition) is 3. The topological polar surface area (TPSA) is 50.4 Å². The predicted octanol–water partition coefficient (Wildman–Crippen LogP) is 1.69. The third-order valence-electron chi connectivity index (χ3n) is 2.41. The first-order valence-electron chi connectivity index (χ1n) is 5.94. The normalized spacial score (nSPS) is 10.3. The maximum Gasteiger partial charge on any atom is 0.233 e. The van der Waals surface area contributed by atoms with Crippen LogP contribution in [0.4, 0.5) is 0 Å². The molecule has 18 heavy (non-hydrogen) atoms. The minimum atomic E-state index is 0.0122. The van der Waals surface area contributed by atoms with Crippen molar-refractivity contribution in [3.8, 4) is 0 Å². The molecule has 1 amide bonds. The summed E-state index contributed by atoms with van der Waals surface area (Å²) in [5, 5.41) is 5.94. The fourth-order valence-corrected chi connectivity index (χ4v) is 1.88. The van der Waals surface area contributed by atoms with Crippen molar-refractivity contribution >= 4 is 21.8 Å². The van der Waals surface area contributed by atoms with E-state index < -0.39 is 0 Å². The second kappa shape index (κ2) is 9.08. The Labute approximate surface area is 116 Å². The molecule has 0 aromatic heterocycles. The van der Waals surface area contributed by atoms with Gasteiger partial charge in [0.25, 0.3) is 0 Å². The second-order valence-electron chi connectivity index (χ2n) is 3.89. The van der Waals surface area contributed by atoms with E-state index >= 15 is 0 Å². The second-order valence-corrected chi connectivity index (χ2v) is 4.75. The Kier molecular flexibility index (Phi) is 7.64. The van der Waals surface area contributed by atoms with E-state index in [9.17, 15) is 4.79 Å². The highest BCUT2D eigenvalue weighted by molar-refractivity contribution is 9.10. The highest BCUT2D eigenvalue weighted by Crippen LogP contribution is 2.14. The molecule has 0 unspecified atom stereocenters. The lowest BCUT2D eigenvalue weighted by atomic mass is 10.2. The van der Waals surface area contributed by atoms with Crippen molar-refractivity contribution in [1.82, 2.24) is 10.6 Å². The zero-order chi connectivity index (χ0) is 13.2. The van der Waals surface area contributed by atoms with E-state index in [1.807, 2.05) is 24.3 Å². The summed E-state index contributed by atoms with van der Waals surface area (Å²) in [7, 11) is 1.65. The molecule has 1 rings (SSSR count). The largest absolute Gasteiger partial charge is 0.385 e. The number of amides is 1. The van der Waals surface area contributed by atoms with Gasteiger partial charge in [-0.25, -0.2) is 0 Å². The zero-order valence-corrected chi connectivity index (χ0v) is 12.1. The molecule has 0 aliphatic carbocycles. The number of ether oxygens (including phenoxy) is 1. The van der Waals surface area contributed by atoms with Crippen LogP contribution < -0.4 is 10.6 Å². The van der Waals surface area contributed by atoms with Gasteiger partial charge in [-0.1, -0.05) is 34.1 Å². The highest BCUT2D eigenvalue weighted by Gasteiger charge is 2.01. The summed E-state index contributed by atoms with van der Waals surface area (Å²) in [5.41, 5.74) is 1.14. The quantitative estimate of drug-likeness (QED) is 0.718. The molecule has 0 heterocycles. The minimum absolute atomic E-state index is 0.0122. The van der Waals surface area contributed by atoms with Gasteiger partial charge >= 0.3 is 0 Å². The van der Waals surface area contributed by atoms with E-state index in [0.717, 1.165) is 16.5 Å². The van der Waals surface area contributed by atoms with Crippen LogP contribution in [0.25, 0.3) is 0 Å². The fraction of sp³-hybridized carbons (Fsp3) is 0.462. The maximum absolute atomic E-state index is 11.5. The first kappa shape index (κ1) is 15.1. The molecule has 0 saturated heterocycles. The number of methoxy groups -OCH3 is 1. The summed E-state index contributed by atoms with van der Waals surface area (Å²) in [6.45, 7) is 2.33. The molecular formula is C13H19BrN2O2. The van der Waals surface area contributed by atoms with Crippen LogP contribution in [-0.2, 0) is 16.1 Å². The van der Waals surface area contributed by atoms with Crippen LogP contribution in [0.1, 0.15) is 12.0 Å². The van der Waals surface area contributed by atoms with E-state index in [0.29, 0.717) is 26.2 Å².